The topological polar surface area (TPSA) is 62.3 Å². The number of rotatable bonds is 3. The monoisotopic (exact) mass is 329 g/mol. The van der Waals surface area contributed by atoms with Crippen LogP contribution in [0.3, 0.4) is 0 Å². The third kappa shape index (κ3) is 2.93. The minimum atomic E-state index is -3.48. The first-order chi connectivity index (χ1) is 9.54. The van der Waals surface area contributed by atoms with E-state index in [0.29, 0.717) is 18.2 Å². The van der Waals surface area contributed by atoms with Crippen molar-refractivity contribution in [2.24, 2.45) is 0 Å². The highest BCUT2D eigenvalue weighted by molar-refractivity contribution is 7.99. The molecule has 1 fully saturated rings. The van der Waals surface area contributed by atoms with Crippen molar-refractivity contribution in [3.8, 4) is 0 Å². The molecule has 0 saturated carbocycles. The van der Waals surface area contributed by atoms with Crippen molar-refractivity contribution in [1.29, 1.82) is 0 Å². The number of aryl methyl sites for hydroxylation is 1. The summed E-state index contributed by atoms with van der Waals surface area (Å²) in [5.41, 5.74) is 1.97. The van der Waals surface area contributed by atoms with Gasteiger partial charge in [-0.2, -0.15) is 24.5 Å². The number of hydrogen-bond donors (Lipinski definition) is 1. The summed E-state index contributed by atoms with van der Waals surface area (Å²) < 4.78 is 29.6. The van der Waals surface area contributed by atoms with E-state index in [9.17, 15) is 8.42 Å². The van der Waals surface area contributed by atoms with E-state index in [0.717, 1.165) is 27.3 Å². The Morgan fingerprint density at radius 1 is 1.30 bits per heavy atom. The first kappa shape index (κ1) is 14.1. The maximum Gasteiger partial charge on any atom is 0.303 e. The van der Waals surface area contributed by atoms with E-state index in [1.165, 1.54) is 15.6 Å². The fourth-order valence-corrected chi connectivity index (χ4v) is 5.53. The fourth-order valence-electron chi connectivity index (χ4n) is 2.04. The van der Waals surface area contributed by atoms with E-state index in [2.05, 4.69) is 9.71 Å². The average Bonchev–Trinajstić information content (AvgIpc) is 2.80. The van der Waals surface area contributed by atoms with Gasteiger partial charge in [0.2, 0.25) is 0 Å². The lowest BCUT2D eigenvalue weighted by Crippen LogP contribution is -2.41. The lowest BCUT2D eigenvalue weighted by atomic mass is 10.2. The molecular weight excluding hydrogens is 314 g/mol. The number of benzene rings is 1. The lowest BCUT2D eigenvalue weighted by molar-refractivity contribution is 0.448. The van der Waals surface area contributed by atoms with Crippen molar-refractivity contribution in [2.45, 2.75) is 6.92 Å². The Morgan fingerprint density at radius 2 is 2.05 bits per heavy atom. The minimum absolute atomic E-state index is 0.434. The predicted octanol–water partition coefficient (Wildman–Crippen LogP) is 2.31. The van der Waals surface area contributed by atoms with Crippen molar-refractivity contribution >= 4 is 48.7 Å². The molecule has 3 rings (SSSR count). The van der Waals surface area contributed by atoms with Crippen LogP contribution in [0.15, 0.2) is 18.2 Å². The highest BCUT2D eigenvalue weighted by Crippen LogP contribution is 2.28. The molecule has 1 aromatic carbocycles. The smallest absolute Gasteiger partial charge is 0.246 e. The van der Waals surface area contributed by atoms with Crippen molar-refractivity contribution < 1.29 is 8.42 Å². The van der Waals surface area contributed by atoms with Crippen LogP contribution in [-0.4, -0.2) is 42.3 Å². The van der Waals surface area contributed by atoms with Gasteiger partial charge in [-0.3, -0.25) is 0 Å². The zero-order valence-electron chi connectivity index (χ0n) is 11.0. The van der Waals surface area contributed by atoms with Crippen LogP contribution in [0.2, 0.25) is 0 Å². The van der Waals surface area contributed by atoms with Gasteiger partial charge in [-0.25, -0.2) is 9.71 Å². The summed E-state index contributed by atoms with van der Waals surface area (Å²) in [7, 11) is -3.48. The third-order valence-electron chi connectivity index (χ3n) is 3.07. The maximum absolute atomic E-state index is 12.3. The van der Waals surface area contributed by atoms with E-state index < -0.39 is 10.2 Å². The van der Waals surface area contributed by atoms with Crippen LogP contribution >= 0.6 is 23.1 Å². The summed E-state index contributed by atoms with van der Waals surface area (Å²) >= 11 is 3.15. The van der Waals surface area contributed by atoms with Crippen LogP contribution in [0.5, 0.6) is 0 Å². The maximum atomic E-state index is 12.3. The van der Waals surface area contributed by atoms with Gasteiger partial charge in [0, 0.05) is 24.6 Å². The van der Waals surface area contributed by atoms with E-state index in [-0.39, 0.29) is 0 Å². The first-order valence-electron chi connectivity index (χ1n) is 6.27. The van der Waals surface area contributed by atoms with Crippen LogP contribution in [-0.2, 0) is 10.2 Å². The molecule has 0 atom stereocenters. The van der Waals surface area contributed by atoms with Crippen molar-refractivity contribution in [3.05, 3.63) is 23.8 Å². The molecule has 0 unspecified atom stereocenters. The number of nitrogens with zero attached hydrogens (tertiary/aromatic N) is 2. The Kier molecular flexibility index (Phi) is 3.89. The highest BCUT2D eigenvalue weighted by atomic mass is 32.2. The molecule has 1 aromatic heterocycles. The van der Waals surface area contributed by atoms with Gasteiger partial charge in [0.05, 0.1) is 10.2 Å². The van der Waals surface area contributed by atoms with E-state index >= 15 is 0 Å². The summed E-state index contributed by atoms with van der Waals surface area (Å²) in [5, 5.41) is 0.434. The number of nitrogens with one attached hydrogen (secondary N) is 1. The molecular formula is C12H15N3O2S3. The molecule has 0 spiro atoms. The number of hydrogen-bond acceptors (Lipinski definition) is 5. The Balaban J connectivity index is 1.84. The molecule has 1 aliphatic heterocycles. The second-order valence-corrected chi connectivity index (χ2v) is 8.53. The van der Waals surface area contributed by atoms with Crippen LogP contribution in [0.1, 0.15) is 5.56 Å². The minimum Gasteiger partial charge on any atom is -0.246 e. The van der Waals surface area contributed by atoms with Gasteiger partial charge in [-0.1, -0.05) is 17.4 Å². The van der Waals surface area contributed by atoms with Gasteiger partial charge in [0.15, 0.2) is 5.13 Å². The second kappa shape index (κ2) is 5.51. The van der Waals surface area contributed by atoms with E-state index in [4.69, 9.17) is 0 Å². The van der Waals surface area contributed by atoms with Crippen LogP contribution in [0.25, 0.3) is 10.2 Å². The molecule has 0 amide bonds. The fraction of sp³-hybridized carbons (Fsp3) is 0.417. The largest absolute Gasteiger partial charge is 0.303 e. The summed E-state index contributed by atoms with van der Waals surface area (Å²) in [6, 6.07) is 5.90. The molecule has 108 valence electrons. The second-order valence-electron chi connectivity index (χ2n) is 4.61. The van der Waals surface area contributed by atoms with E-state index in [1.807, 2.05) is 25.1 Å². The van der Waals surface area contributed by atoms with Crippen molar-refractivity contribution in [2.75, 3.05) is 29.3 Å². The van der Waals surface area contributed by atoms with Gasteiger partial charge in [0.1, 0.15) is 0 Å². The molecule has 0 bridgehead atoms. The SMILES string of the molecule is Cc1ccc2nc(NS(=O)(=O)N3CCSCC3)sc2c1. The van der Waals surface area contributed by atoms with Gasteiger partial charge in [0.25, 0.3) is 0 Å². The number of thiazole rings is 1. The summed E-state index contributed by atoms with van der Waals surface area (Å²) in [6.07, 6.45) is 0. The molecule has 1 N–H and O–H groups in total. The summed E-state index contributed by atoms with van der Waals surface area (Å²) in [6.45, 7) is 3.13. The standard InChI is InChI=1S/C12H15N3O2S3/c1-9-2-3-10-11(8-9)19-12(13-10)14-20(16,17)15-4-6-18-7-5-15/h2-3,8H,4-7H2,1H3,(H,13,14). The van der Waals surface area contributed by atoms with Gasteiger partial charge in [-0.15, -0.1) is 0 Å². The molecule has 5 nitrogen and oxygen atoms in total. The average molecular weight is 329 g/mol. The molecule has 1 aliphatic rings. The van der Waals surface area contributed by atoms with Crippen molar-refractivity contribution in [1.82, 2.24) is 9.29 Å². The molecule has 2 heterocycles. The quantitative estimate of drug-likeness (QED) is 0.939. The highest BCUT2D eigenvalue weighted by Gasteiger charge is 2.25. The number of aromatic nitrogens is 1. The van der Waals surface area contributed by atoms with Gasteiger partial charge < -0.3 is 0 Å². The first-order valence-corrected chi connectivity index (χ1v) is 9.68. The van der Waals surface area contributed by atoms with Crippen LogP contribution < -0.4 is 4.72 Å². The number of anilines is 1. The van der Waals surface area contributed by atoms with Crippen LogP contribution in [0.4, 0.5) is 5.13 Å². The van der Waals surface area contributed by atoms with Gasteiger partial charge >= 0.3 is 10.2 Å². The molecule has 2 aromatic rings. The normalized spacial score (nSPS) is 17.4. The Morgan fingerprint density at radius 3 is 2.80 bits per heavy atom. The van der Waals surface area contributed by atoms with Crippen LogP contribution in [0, 0.1) is 6.92 Å². The molecule has 8 heteroatoms. The molecule has 0 aliphatic carbocycles. The van der Waals surface area contributed by atoms with E-state index in [1.54, 1.807) is 11.8 Å². The zero-order valence-corrected chi connectivity index (χ0v) is 13.4. The summed E-state index contributed by atoms with van der Waals surface area (Å²) in [4.78, 5) is 4.33. The molecule has 1 saturated heterocycles. The number of fused-ring (bicyclic) bond motifs is 1. The third-order valence-corrected chi connectivity index (χ3v) is 6.57. The Hall–Kier alpha value is -0.830. The predicted molar refractivity (Wildman–Crippen MR) is 85.8 cm³/mol. The number of thioether (sulfide) groups is 1. The molecule has 20 heavy (non-hydrogen) atoms. The zero-order chi connectivity index (χ0) is 14.2. The Labute approximate surface area is 126 Å². The summed E-state index contributed by atoms with van der Waals surface area (Å²) in [5.74, 6) is 1.69. The lowest BCUT2D eigenvalue weighted by Gasteiger charge is -2.25. The van der Waals surface area contributed by atoms with Crippen molar-refractivity contribution in [3.63, 3.8) is 0 Å². The van der Waals surface area contributed by atoms with Gasteiger partial charge in [-0.05, 0) is 24.6 Å². The molecule has 0 radical (unpaired) electrons. The Bertz CT molecular complexity index is 721.